The summed E-state index contributed by atoms with van der Waals surface area (Å²) in [5, 5.41) is 29.8. The fraction of sp³-hybridized carbons (Fsp3) is 0.537. The largest absolute Gasteiger partial charge is 0.507 e. The first-order valence-electron chi connectivity index (χ1n) is 16.5. The summed E-state index contributed by atoms with van der Waals surface area (Å²) in [6.07, 6.45) is 0. The minimum Gasteiger partial charge on any atom is -0.507 e. The van der Waals surface area contributed by atoms with Crippen LogP contribution in [0.15, 0.2) is 54.6 Å². The van der Waals surface area contributed by atoms with Gasteiger partial charge in [0.05, 0.1) is 0 Å². The summed E-state index contributed by atoms with van der Waals surface area (Å²) >= 11 is 1.44. The molecule has 3 aromatic carbocycles. The molecule has 0 aromatic heterocycles. The van der Waals surface area contributed by atoms with Crippen molar-refractivity contribution >= 4 is 0 Å². The maximum Gasteiger partial charge on any atom is 0.122 e. The molecule has 0 heterocycles. The van der Waals surface area contributed by atoms with E-state index in [1.165, 1.54) is 19.2 Å². The minimum absolute atomic E-state index is 0.329. The zero-order valence-electron chi connectivity index (χ0n) is 30.9. The van der Waals surface area contributed by atoms with Gasteiger partial charge in [-0.1, -0.05) is 138 Å². The molecule has 0 radical (unpaired) electrons. The van der Waals surface area contributed by atoms with Crippen molar-refractivity contribution in [3.05, 3.63) is 88.0 Å². The molecular formula is C41H63O3W. The molecule has 3 N–H and O–H groups in total. The molecule has 0 aliphatic carbocycles. The minimum atomic E-state index is 0.329. The summed E-state index contributed by atoms with van der Waals surface area (Å²) in [5.74, 6) is 3.76. The van der Waals surface area contributed by atoms with Crippen molar-refractivity contribution in [2.24, 2.45) is 5.41 Å². The molecular weight excluding hydrogens is 724 g/mol. The van der Waals surface area contributed by atoms with Gasteiger partial charge in [0.2, 0.25) is 0 Å². The van der Waals surface area contributed by atoms with Crippen LogP contribution in [-0.4, -0.2) is 15.3 Å². The van der Waals surface area contributed by atoms with Crippen LogP contribution in [0.4, 0.5) is 0 Å². The molecule has 0 amide bonds. The van der Waals surface area contributed by atoms with Crippen molar-refractivity contribution in [3.63, 3.8) is 0 Å². The van der Waals surface area contributed by atoms with E-state index in [-0.39, 0.29) is 0 Å². The van der Waals surface area contributed by atoms with Crippen LogP contribution in [0.25, 0.3) is 0 Å². The second-order valence-corrected chi connectivity index (χ2v) is 15.4. The number of phenolic OH excluding ortho intramolecular Hbond substituents is 3. The van der Waals surface area contributed by atoms with Crippen LogP contribution < -0.4 is 0 Å². The first-order valence-corrected chi connectivity index (χ1v) is 18.0. The summed E-state index contributed by atoms with van der Waals surface area (Å²) in [5.41, 5.74) is 6.61. The number of rotatable bonds is 6. The number of hydrogen-bond acceptors (Lipinski definition) is 3. The molecule has 3 nitrogen and oxygen atoms in total. The number of hydrogen-bond donors (Lipinski definition) is 3. The average Bonchev–Trinajstić information content (AvgIpc) is 2.93. The van der Waals surface area contributed by atoms with Crippen LogP contribution in [0.3, 0.4) is 0 Å². The second-order valence-electron chi connectivity index (χ2n) is 14.6. The van der Waals surface area contributed by atoms with E-state index in [9.17, 15) is 15.3 Å². The van der Waals surface area contributed by atoms with Crippen molar-refractivity contribution in [2.45, 2.75) is 139 Å². The maximum atomic E-state index is 9.93. The van der Waals surface area contributed by atoms with Crippen LogP contribution in [0.5, 0.6) is 17.2 Å². The Hall–Kier alpha value is -2.47. The van der Waals surface area contributed by atoms with Gasteiger partial charge in [-0.15, -0.1) is 0 Å². The first-order chi connectivity index (χ1) is 20.7. The molecule has 251 valence electrons. The fourth-order valence-electron chi connectivity index (χ4n) is 4.54. The average molecular weight is 788 g/mol. The van der Waals surface area contributed by atoms with Gasteiger partial charge < -0.3 is 15.3 Å². The van der Waals surface area contributed by atoms with Crippen molar-refractivity contribution < 1.29 is 34.5 Å². The normalized spacial score (nSPS) is 11.1. The Morgan fingerprint density at radius 3 is 0.644 bits per heavy atom. The molecule has 0 aliphatic rings. The van der Waals surface area contributed by atoms with E-state index >= 15 is 0 Å². The van der Waals surface area contributed by atoms with E-state index in [1.54, 1.807) is 0 Å². The Kier molecular flexibility index (Phi) is 18.8. The molecule has 3 rings (SSSR count). The van der Waals surface area contributed by atoms with E-state index in [2.05, 4.69) is 108 Å². The van der Waals surface area contributed by atoms with Gasteiger partial charge in [-0.3, -0.25) is 0 Å². The van der Waals surface area contributed by atoms with Gasteiger partial charge in [0.1, 0.15) is 17.2 Å². The SMILES string of the molecule is CC(C)(C)[C]#[W].CC(C)c1cccc(C(C)C)c1O.CC(C)c1cccc(C(C)C)c1O.CC(C)c1cccc(C(C)C)c1O. The molecule has 0 atom stereocenters. The van der Waals surface area contributed by atoms with Gasteiger partial charge in [0, 0.05) is 0 Å². The Morgan fingerprint density at radius 2 is 0.556 bits per heavy atom. The van der Waals surface area contributed by atoms with Crippen LogP contribution in [0.2, 0.25) is 0 Å². The summed E-state index contributed by atoms with van der Waals surface area (Å²) in [4.78, 5) is 0. The summed E-state index contributed by atoms with van der Waals surface area (Å²) in [7, 11) is 0. The second kappa shape index (κ2) is 19.9. The number of para-hydroxylation sites is 3. The Labute approximate surface area is 287 Å². The van der Waals surface area contributed by atoms with Gasteiger partial charge in [0.15, 0.2) is 0 Å². The molecule has 0 unspecified atom stereocenters. The standard InChI is InChI=1S/3C12H18O.C5H9.W/c3*1-8(2)10-6-5-7-11(9(3)4)12(10)13;1-5(2,3)4;/h3*5-9,13H,1-4H3;1-3H3;. The van der Waals surface area contributed by atoms with Crippen LogP contribution in [0.1, 0.15) is 173 Å². The number of benzene rings is 3. The maximum absolute atomic E-state index is 9.93. The zero-order chi connectivity index (χ0) is 35.2. The zero-order valence-corrected chi connectivity index (χ0v) is 33.8. The van der Waals surface area contributed by atoms with Crippen molar-refractivity contribution in [1.82, 2.24) is 0 Å². The summed E-state index contributed by atoms with van der Waals surface area (Å²) in [6, 6.07) is 18.0. The number of aromatic hydroxyl groups is 3. The van der Waals surface area contributed by atoms with Crippen LogP contribution in [0, 0.1) is 9.62 Å². The predicted octanol–water partition coefficient (Wildman–Crippen LogP) is 12.5. The van der Waals surface area contributed by atoms with Gasteiger partial charge >= 0.3 is 49.5 Å². The molecule has 0 bridgehead atoms. The molecule has 0 aliphatic heterocycles. The molecule has 0 spiro atoms. The molecule has 0 fully saturated rings. The third-order valence-electron chi connectivity index (χ3n) is 7.33. The van der Waals surface area contributed by atoms with Gasteiger partial charge in [0.25, 0.3) is 0 Å². The molecule has 4 heteroatoms. The molecule has 45 heavy (non-hydrogen) atoms. The molecule has 0 saturated carbocycles. The monoisotopic (exact) mass is 787 g/mol. The topological polar surface area (TPSA) is 60.7 Å². The van der Waals surface area contributed by atoms with Gasteiger partial charge in [-0.25, -0.2) is 0 Å². The summed E-state index contributed by atoms with van der Waals surface area (Å²) in [6.45, 7) is 31.6. The van der Waals surface area contributed by atoms with Crippen molar-refractivity contribution in [3.8, 4) is 21.5 Å². The number of phenols is 3. The Morgan fingerprint density at radius 1 is 0.422 bits per heavy atom. The van der Waals surface area contributed by atoms with Crippen molar-refractivity contribution in [2.75, 3.05) is 0 Å². The third kappa shape index (κ3) is 14.7. The van der Waals surface area contributed by atoms with E-state index in [4.69, 9.17) is 0 Å². The molecule has 3 aromatic rings. The Bertz CT molecular complexity index is 1110. The van der Waals surface area contributed by atoms with Crippen LogP contribution in [-0.2, 0) is 19.2 Å². The third-order valence-corrected chi connectivity index (χ3v) is 9.53. The summed E-state index contributed by atoms with van der Waals surface area (Å²) < 4.78 is 3.19. The Balaban J connectivity index is 0.000000593. The smallest absolute Gasteiger partial charge is 0.122 e. The van der Waals surface area contributed by atoms with Crippen LogP contribution >= 0.6 is 0 Å². The fourth-order valence-corrected chi connectivity index (χ4v) is 4.54. The quantitative estimate of drug-likeness (QED) is 0.233. The predicted molar refractivity (Wildman–Crippen MR) is 192 cm³/mol. The first kappa shape index (κ1) is 42.5. The van der Waals surface area contributed by atoms with Gasteiger partial charge in [-0.05, 0) is 68.9 Å². The van der Waals surface area contributed by atoms with E-state index < -0.39 is 0 Å². The van der Waals surface area contributed by atoms with E-state index in [1.807, 2.05) is 54.6 Å². The van der Waals surface area contributed by atoms with E-state index in [0.717, 1.165) is 33.4 Å². The molecule has 0 saturated heterocycles. The van der Waals surface area contributed by atoms with E-state index in [0.29, 0.717) is 58.2 Å². The van der Waals surface area contributed by atoms with Crippen molar-refractivity contribution in [1.29, 1.82) is 0 Å². The van der Waals surface area contributed by atoms with Gasteiger partial charge in [-0.2, -0.15) is 0 Å².